The van der Waals surface area contributed by atoms with Crippen LogP contribution in [0.25, 0.3) is 0 Å². The molecule has 18 heavy (non-hydrogen) atoms. The summed E-state index contributed by atoms with van der Waals surface area (Å²) in [5.74, 6) is 2.21. The predicted octanol–water partition coefficient (Wildman–Crippen LogP) is 4.30. The maximum Gasteiger partial charge on any atom is 0.211 e. The first-order valence-electron chi connectivity index (χ1n) is 6.54. The van der Waals surface area contributed by atoms with Gasteiger partial charge >= 0.3 is 0 Å². The number of nitrogens with zero attached hydrogens (tertiary/aromatic N) is 1. The highest BCUT2D eigenvalue weighted by molar-refractivity contribution is 8.68. The van der Waals surface area contributed by atoms with E-state index in [1.807, 2.05) is 0 Å². The van der Waals surface area contributed by atoms with E-state index in [9.17, 15) is 0 Å². The Kier molecular flexibility index (Phi) is 10.5. The van der Waals surface area contributed by atoms with Crippen LogP contribution in [0, 0.1) is 11.8 Å². The van der Waals surface area contributed by atoms with Crippen LogP contribution in [0.4, 0.5) is 0 Å². The van der Waals surface area contributed by atoms with Gasteiger partial charge in [-0.2, -0.15) is 0 Å². The molecule has 0 radical (unpaired) electrons. The molecule has 0 aromatic carbocycles. The highest BCUT2D eigenvalue weighted by atomic mass is 32.9. The lowest BCUT2D eigenvalue weighted by Crippen LogP contribution is -2.10. The van der Waals surface area contributed by atoms with Crippen molar-refractivity contribution in [2.24, 2.45) is 16.8 Å². The van der Waals surface area contributed by atoms with Gasteiger partial charge in [-0.25, -0.2) is 0 Å². The molecule has 0 aliphatic heterocycles. The maximum absolute atomic E-state index is 5.82. The van der Waals surface area contributed by atoms with Crippen LogP contribution < -0.4 is 5.09 Å². The highest BCUT2D eigenvalue weighted by Crippen LogP contribution is 2.56. The molecule has 0 amide bonds. The second-order valence-corrected chi connectivity index (χ2v) is 11.7. The minimum atomic E-state index is -2.00. The number of hydrogen-bond donors (Lipinski definition) is 1. The number of rotatable bonds is 10. The van der Waals surface area contributed by atoms with E-state index in [0.29, 0.717) is 18.4 Å². The SMILES string of the molecule is CCCOP(=S)(NC=NCC(C)C)SCC(C)C. The van der Waals surface area contributed by atoms with Gasteiger partial charge in [0.15, 0.2) is 0 Å². The number of aliphatic imine (C=N–C) groups is 1. The second-order valence-electron chi connectivity index (χ2n) is 5.04. The molecule has 0 bridgehead atoms. The lowest BCUT2D eigenvalue weighted by atomic mass is 10.2. The summed E-state index contributed by atoms with van der Waals surface area (Å²) in [6.07, 6.45) is 2.73. The van der Waals surface area contributed by atoms with Gasteiger partial charge in [0, 0.05) is 12.3 Å². The third-order valence-corrected chi connectivity index (χ3v) is 7.61. The van der Waals surface area contributed by atoms with Crippen LogP contribution in [0.15, 0.2) is 4.99 Å². The van der Waals surface area contributed by atoms with Crippen molar-refractivity contribution in [3.05, 3.63) is 0 Å². The normalized spacial score (nSPS) is 15.5. The fourth-order valence-electron chi connectivity index (χ4n) is 0.946. The Balaban J connectivity index is 4.28. The lowest BCUT2D eigenvalue weighted by molar-refractivity contribution is 0.356. The van der Waals surface area contributed by atoms with Crippen LogP contribution in [0.2, 0.25) is 0 Å². The molecule has 6 heteroatoms. The van der Waals surface area contributed by atoms with Crippen molar-refractivity contribution in [2.75, 3.05) is 18.9 Å². The summed E-state index contributed by atoms with van der Waals surface area (Å²) >= 11 is 7.35. The lowest BCUT2D eigenvalue weighted by Gasteiger charge is -2.21. The zero-order valence-electron chi connectivity index (χ0n) is 12.2. The fourth-order valence-corrected chi connectivity index (χ4v) is 5.52. The smallest absolute Gasteiger partial charge is 0.211 e. The van der Waals surface area contributed by atoms with E-state index in [0.717, 1.165) is 18.7 Å². The molecule has 0 fully saturated rings. The van der Waals surface area contributed by atoms with Gasteiger partial charge < -0.3 is 9.61 Å². The minimum Gasteiger partial charge on any atom is -0.326 e. The third-order valence-electron chi connectivity index (χ3n) is 1.82. The molecule has 0 saturated carbocycles. The monoisotopic (exact) mass is 310 g/mol. The van der Waals surface area contributed by atoms with Gasteiger partial charge in [0.25, 0.3) is 0 Å². The molecule has 1 unspecified atom stereocenters. The fraction of sp³-hybridized carbons (Fsp3) is 0.917. The first-order valence-corrected chi connectivity index (χ1v) is 10.9. The van der Waals surface area contributed by atoms with Gasteiger partial charge in [-0.1, -0.05) is 46.0 Å². The van der Waals surface area contributed by atoms with Gasteiger partial charge in [0.2, 0.25) is 5.62 Å². The summed E-state index contributed by atoms with van der Waals surface area (Å²) in [7, 11) is 0. The summed E-state index contributed by atoms with van der Waals surface area (Å²) in [6.45, 7) is 12.3. The maximum atomic E-state index is 5.82. The molecule has 0 aromatic rings. The van der Waals surface area contributed by atoms with Gasteiger partial charge in [-0.05, 0) is 30.1 Å². The molecule has 0 spiro atoms. The molecule has 0 rings (SSSR count). The Labute approximate surface area is 121 Å². The Morgan fingerprint density at radius 1 is 1.33 bits per heavy atom. The summed E-state index contributed by atoms with van der Waals surface area (Å²) < 4.78 is 5.82. The van der Waals surface area contributed by atoms with Crippen molar-refractivity contribution in [3.63, 3.8) is 0 Å². The Hall–Kier alpha value is 0.430. The van der Waals surface area contributed by atoms with E-state index in [-0.39, 0.29) is 0 Å². The van der Waals surface area contributed by atoms with Gasteiger partial charge in [0.05, 0.1) is 12.9 Å². The summed E-state index contributed by atoms with van der Waals surface area (Å²) in [5.41, 5.74) is -2.00. The summed E-state index contributed by atoms with van der Waals surface area (Å²) in [6, 6.07) is 0. The average molecular weight is 310 g/mol. The first kappa shape index (κ1) is 18.4. The van der Waals surface area contributed by atoms with E-state index >= 15 is 0 Å². The highest BCUT2D eigenvalue weighted by Gasteiger charge is 2.17. The van der Waals surface area contributed by atoms with Crippen molar-refractivity contribution in [1.82, 2.24) is 5.09 Å². The molecular weight excluding hydrogens is 283 g/mol. The molecule has 0 aromatic heterocycles. The van der Waals surface area contributed by atoms with E-state index in [4.69, 9.17) is 16.3 Å². The third kappa shape index (κ3) is 10.4. The predicted molar refractivity (Wildman–Crippen MR) is 89.2 cm³/mol. The van der Waals surface area contributed by atoms with E-state index in [2.05, 4.69) is 44.7 Å². The molecule has 1 atom stereocenters. The van der Waals surface area contributed by atoms with Gasteiger partial charge in [0.1, 0.15) is 0 Å². The standard InChI is InChI=1S/C12H27N2OPS2/c1-6-7-15-16(17,18-9-12(4)5)14-10-13-8-11(2)3/h10-12H,6-9H2,1-5H3,(H,13,14,17). The minimum absolute atomic E-state index is 0.570. The summed E-state index contributed by atoms with van der Waals surface area (Å²) in [5, 5.41) is 3.22. The van der Waals surface area contributed by atoms with E-state index in [1.54, 1.807) is 17.7 Å². The van der Waals surface area contributed by atoms with Crippen molar-refractivity contribution in [1.29, 1.82) is 0 Å². The van der Waals surface area contributed by atoms with Crippen LogP contribution >= 0.6 is 17.0 Å². The van der Waals surface area contributed by atoms with Crippen LogP contribution in [-0.4, -0.2) is 25.2 Å². The van der Waals surface area contributed by atoms with Crippen LogP contribution in [-0.2, 0) is 16.3 Å². The zero-order chi connectivity index (χ0) is 14.0. The first-order chi connectivity index (χ1) is 8.39. The van der Waals surface area contributed by atoms with Crippen LogP contribution in [0.1, 0.15) is 41.0 Å². The Bertz CT molecular complexity index is 283. The Morgan fingerprint density at radius 2 is 2.00 bits per heavy atom. The molecular formula is C12H27N2OPS2. The molecule has 0 aliphatic rings. The topological polar surface area (TPSA) is 33.6 Å². The quantitative estimate of drug-likeness (QED) is 0.370. The van der Waals surface area contributed by atoms with Gasteiger partial charge in [-0.3, -0.25) is 4.99 Å². The Morgan fingerprint density at radius 3 is 2.50 bits per heavy atom. The van der Waals surface area contributed by atoms with E-state index in [1.165, 1.54) is 0 Å². The van der Waals surface area contributed by atoms with Crippen molar-refractivity contribution in [2.45, 2.75) is 41.0 Å². The molecule has 108 valence electrons. The zero-order valence-corrected chi connectivity index (χ0v) is 14.7. The molecule has 0 aliphatic carbocycles. The van der Waals surface area contributed by atoms with Crippen molar-refractivity contribution in [3.8, 4) is 0 Å². The van der Waals surface area contributed by atoms with Crippen LogP contribution in [0.3, 0.4) is 0 Å². The molecule has 0 saturated heterocycles. The summed E-state index contributed by atoms with van der Waals surface area (Å²) in [4.78, 5) is 4.32. The van der Waals surface area contributed by atoms with Crippen molar-refractivity contribution < 1.29 is 4.52 Å². The largest absolute Gasteiger partial charge is 0.326 e. The molecule has 1 N–H and O–H groups in total. The molecule has 0 heterocycles. The van der Waals surface area contributed by atoms with E-state index < -0.39 is 5.62 Å². The number of nitrogens with one attached hydrogen (secondary N) is 1. The van der Waals surface area contributed by atoms with Crippen molar-refractivity contribution >= 4 is 35.1 Å². The molecule has 3 nitrogen and oxygen atoms in total. The average Bonchev–Trinajstić information content (AvgIpc) is 2.30. The number of hydrogen-bond acceptors (Lipinski definition) is 4. The second kappa shape index (κ2) is 10.2. The van der Waals surface area contributed by atoms with Gasteiger partial charge in [-0.15, -0.1) is 0 Å². The van der Waals surface area contributed by atoms with Crippen LogP contribution in [0.5, 0.6) is 0 Å².